The molecule has 0 fully saturated rings. The number of benzene rings is 3. The summed E-state index contributed by atoms with van der Waals surface area (Å²) >= 11 is -0.606. The summed E-state index contributed by atoms with van der Waals surface area (Å²) in [6.07, 6.45) is 3.76. The van der Waals surface area contributed by atoms with Crippen molar-refractivity contribution in [2.24, 2.45) is 0 Å². The summed E-state index contributed by atoms with van der Waals surface area (Å²) in [5.74, 6) is 5.93. The third kappa shape index (κ3) is 8.00. The molecule has 4 aromatic heterocycles. The van der Waals surface area contributed by atoms with E-state index in [0.29, 0.717) is 0 Å². The van der Waals surface area contributed by atoms with Crippen LogP contribution in [0.4, 0.5) is 4.39 Å². The van der Waals surface area contributed by atoms with Gasteiger partial charge in [-0.3, -0.25) is 0 Å². The molecule has 50 heavy (non-hydrogen) atoms. The molecule has 0 unspecified atom stereocenters. The van der Waals surface area contributed by atoms with Gasteiger partial charge in [-0.1, -0.05) is 35.2 Å². The van der Waals surface area contributed by atoms with Crippen LogP contribution in [0.1, 0.15) is 53.2 Å². The van der Waals surface area contributed by atoms with Crippen LogP contribution in [0.25, 0.3) is 53.9 Å². The molecule has 0 aliphatic carbocycles. The van der Waals surface area contributed by atoms with Crippen LogP contribution < -0.4 is 4.40 Å². The van der Waals surface area contributed by atoms with Gasteiger partial charge in [-0.25, -0.2) is 4.98 Å². The Kier molecular flexibility index (Phi) is 9.95. The number of pyridine rings is 3. The molecule has 0 aliphatic rings. The van der Waals surface area contributed by atoms with Crippen LogP contribution in [-0.4, -0.2) is 28.2 Å². The molecule has 0 aliphatic heterocycles. The van der Waals surface area contributed by atoms with Crippen LogP contribution >= 0.6 is 11.3 Å². The van der Waals surface area contributed by atoms with Gasteiger partial charge in [0.05, 0.1) is 0 Å². The van der Waals surface area contributed by atoms with E-state index in [1.807, 2.05) is 56.6 Å². The molecule has 7 aromatic rings. The molecule has 0 spiro atoms. The van der Waals surface area contributed by atoms with E-state index in [4.69, 9.17) is 5.48 Å². The molecule has 3 nitrogen and oxygen atoms in total. The number of rotatable bonds is 5. The SMILES string of the molecule is [2H]C(C)(C)c1cc(-c2[c-]cc(F)cc2)nc[c]1[Ge]([CH3])([CH3])[CH3].[2H]C([2H])([2H])c1ccc2c(n1)sc1c(-c3cc(-c4c(C)cc(C)cc4C)ccn3)[c-]ccc12.[Ir]. The van der Waals surface area contributed by atoms with Crippen LogP contribution in [0, 0.1) is 45.6 Å². The normalized spacial score (nSPS) is 13.1. The monoisotopic (exact) mass is 922 g/mol. The van der Waals surface area contributed by atoms with Crippen molar-refractivity contribution in [3.8, 4) is 33.6 Å². The summed E-state index contributed by atoms with van der Waals surface area (Å²) in [6.45, 7) is 7.98. The van der Waals surface area contributed by atoms with Crippen molar-refractivity contribution in [3.05, 3.63) is 131 Å². The van der Waals surface area contributed by atoms with Crippen LogP contribution in [-0.2, 0) is 20.1 Å². The third-order valence-electron chi connectivity index (χ3n) is 8.58. The maximum Gasteiger partial charge on any atom is 0.113 e. The molecule has 4 heterocycles. The van der Waals surface area contributed by atoms with E-state index in [0.717, 1.165) is 53.9 Å². The molecule has 0 amide bonds. The molecule has 7 rings (SSSR count). The van der Waals surface area contributed by atoms with E-state index in [1.54, 1.807) is 12.1 Å². The van der Waals surface area contributed by atoms with Gasteiger partial charge in [0.2, 0.25) is 0 Å². The van der Waals surface area contributed by atoms with Crippen LogP contribution in [0.2, 0.25) is 17.3 Å². The van der Waals surface area contributed by atoms with Gasteiger partial charge in [0.1, 0.15) is 4.83 Å². The fourth-order valence-corrected chi connectivity index (χ4v) is 10.8. The smallest absolute Gasteiger partial charge is 0.113 e. The average molecular weight is 921 g/mol. The first-order valence-corrected chi connectivity index (χ1v) is 24.4. The minimum absolute atomic E-state index is 0. The molecule has 7 heteroatoms. The predicted octanol–water partition coefficient (Wildman–Crippen LogP) is 11.6. The van der Waals surface area contributed by atoms with Gasteiger partial charge in [0, 0.05) is 36.1 Å². The quantitative estimate of drug-likeness (QED) is 0.128. The number of nitrogens with zero attached hydrogens (tertiary/aromatic N) is 3. The first-order valence-electron chi connectivity index (χ1n) is 18.3. The van der Waals surface area contributed by atoms with Gasteiger partial charge < -0.3 is 4.98 Å². The molecular formula is C43H42FGeIrN3S-2. The Labute approximate surface area is 321 Å². The molecule has 257 valence electrons. The Bertz CT molecular complexity index is 2450. The number of thiophene rings is 1. The van der Waals surface area contributed by atoms with E-state index in [1.165, 1.54) is 50.1 Å². The van der Waals surface area contributed by atoms with Crippen molar-refractivity contribution in [2.75, 3.05) is 0 Å². The third-order valence-corrected chi connectivity index (χ3v) is 13.9. The first kappa shape index (κ1) is 32.4. The van der Waals surface area contributed by atoms with E-state index < -0.39 is 26.0 Å². The Morgan fingerprint density at radius 3 is 2.30 bits per heavy atom. The van der Waals surface area contributed by atoms with Gasteiger partial charge >= 0.3 is 125 Å². The van der Waals surface area contributed by atoms with Crippen molar-refractivity contribution < 1.29 is 30.0 Å². The van der Waals surface area contributed by atoms with Crippen LogP contribution in [0.3, 0.4) is 0 Å². The second-order valence-electron chi connectivity index (χ2n) is 13.7. The zero-order valence-corrected chi connectivity index (χ0v) is 34.9. The summed E-state index contributed by atoms with van der Waals surface area (Å²) in [7, 11) is 0. The molecule has 3 aromatic carbocycles. The molecule has 0 saturated carbocycles. The van der Waals surface area contributed by atoms with Crippen molar-refractivity contribution >= 4 is 49.3 Å². The average Bonchev–Trinajstić information content (AvgIpc) is 3.46. The van der Waals surface area contributed by atoms with Gasteiger partial charge in [0.15, 0.2) is 0 Å². The Hall–Kier alpha value is -3.55. The Morgan fingerprint density at radius 2 is 1.64 bits per heavy atom. The summed E-state index contributed by atoms with van der Waals surface area (Å²) < 4.78 is 46.7. The topological polar surface area (TPSA) is 38.7 Å². The van der Waals surface area contributed by atoms with Crippen molar-refractivity contribution in [1.29, 1.82) is 0 Å². The second kappa shape index (κ2) is 15.4. The predicted molar refractivity (Wildman–Crippen MR) is 209 cm³/mol. The van der Waals surface area contributed by atoms with E-state index in [2.05, 4.69) is 83.3 Å². The van der Waals surface area contributed by atoms with Gasteiger partial charge in [-0.2, -0.15) is 11.3 Å². The number of fused-ring (bicyclic) bond motifs is 3. The Morgan fingerprint density at radius 1 is 0.880 bits per heavy atom. The van der Waals surface area contributed by atoms with Gasteiger partial charge in [0.25, 0.3) is 0 Å². The molecular weight excluding hydrogens is 874 g/mol. The molecule has 0 N–H and O–H groups in total. The van der Waals surface area contributed by atoms with Crippen molar-refractivity contribution in [1.82, 2.24) is 15.0 Å². The minimum Gasteiger partial charge on any atom is -0.305 e. The van der Waals surface area contributed by atoms with E-state index in [9.17, 15) is 4.39 Å². The van der Waals surface area contributed by atoms with Gasteiger partial charge in [-0.05, 0) is 77.8 Å². The summed E-state index contributed by atoms with van der Waals surface area (Å²) in [6, 6.07) is 28.6. The zero-order chi connectivity index (χ0) is 38.5. The fraction of sp³-hybridized carbons (Fsp3) is 0.233. The largest absolute Gasteiger partial charge is 0.305 e. The fourth-order valence-electron chi connectivity index (χ4n) is 6.35. The minimum atomic E-state index is -2.22. The number of hydrogen-bond donors (Lipinski definition) is 0. The number of halogens is 1. The van der Waals surface area contributed by atoms with Crippen LogP contribution in [0.5, 0.6) is 0 Å². The number of hydrogen-bond acceptors (Lipinski definition) is 4. The second-order valence-corrected chi connectivity index (χ2v) is 25.3. The molecule has 0 saturated heterocycles. The van der Waals surface area contributed by atoms with Crippen molar-refractivity contribution in [2.45, 2.75) is 64.6 Å². The standard InChI is InChI=1S/C26H21N2S.C17H21FGeN.Ir/c1-15-12-16(2)24(17(3)13-15)19-10-11-27-23(14-19)22-7-5-6-20-21-9-8-18(4)28-26(21)29-25(20)22;1-12(2)15-10-17(13-6-8-14(18)9-7-13)20-11-16(15)19(3,4)5;/h5-6,8-14H,1-4H3;6,8-12H,1-5H3;/q2*-1;/i4D3;12D;. The van der Waals surface area contributed by atoms with Crippen molar-refractivity contribution in [3.63, 3.8) is 0 Å². The number of aryl methyl sites for hydroxylation is 4. The van der Waals surface area contributed by atoms with Gasteiger partial charge in [-0.15, -0.1) is 23.8 Å². The van der Waals surface area contributed by atoms with Crippen LogP contribution in [0.15, 0.2) is 85.2 Å². The summed E-state index contributed by atoms with van der Waals surface area (Å²) in [5, 5.41) is 1.99. The van der Waals surface area contributed by atoms with E-state index in [-0.39, 0.29) is 31.6 Å². The summed E-state index contributed by atoms with van der Waals surface area (Å²) in [5.41, 5.74) is 10.5. The number of aromatic nitrogens is 3. The maximum atomic E-state index is 13.0. The Balaban J connectivity index is 0.000000223. The maximum absolute atomic E-state index is 13.0. The molecule has 0 bridgehead atoms. The zero-order valence-electron chi connectivity index (χ0n) is 33.5. The van der Waals surface area contributed by atoms with E-state index >= 15 is 0 Å². The molecule has 1 radical (unpaired) electrons. The summed E-state index contributed by atoms with van der Waals surface area (Å²) in [4.78, 5) is 14.3. The molecule has 0 atom stereocenters. The first-order chi connectivity index (χ1) is 24.8.